The minimum Gasteiger partial charge on any atom is -0.359 e. The van der Waals surface area contributed by atoms with Crippen LogP contribution in [0.1, 0.15) is 57.5 Å². The van der Waals surface area contributed by atoms with E-state index in [1.807, 2.05) is 11.3 Å². The largest absolute Gasteiger partial charge is 0.359 e. The molecule has 0 saturated heterocycles. The molecule has 0 spiro atoms. The van der Waals surface area contributed by atoms with Gasteiger partial charge in [-0.05, 0) is 20.3 Å². The molecule has 84 valence electrons. The van der Waals surface area contributed by atoms with Gasteiger partial charge in [0.1, 0.15) is 0 Å². The SMILES string of the molecule is CC(C)Nc1nc2c(s1)C(C)(C)CC2C. The number of thiazole rings is 1. The fourth-order valence-electron chi connectivity index (χ4n) is 2.41. The smallest absolute Gasteiger partial charge is 0.183 e. The molecule has 1 unspecified atom stereocenters. The Morgan fingerprint density at radius 1 is 1.47 bits per heavy atom. The molecule has 0 radical (unpaired) electrons. The average molecular weight is 224 g/mol. The molecule has 0 aromatic carbocycles. The lowest BCUT2D eigenvalue weighted by Gasteiger charge is -2.17. The summed E-state index contributed by atoms with van der Waals surface area (Å²) in [5.41, 5.74) is 1.65. The van der Waals surface area contributed by atoms with Gasteiger partial charge in [0.25, 0.3) is 0 Å². The third kappa shape index (κ3) is 1.89. The van der Waals surface area contributed by atoms with Gasteiger partial charge in [0.15, 0.2) is 5.13 Å². The fraction of sp³-hybridized carbons (Fsp3) is 0.750. The molecule has 1 N–H and O–H groups in total. The van der Waals surface area contributed by atoms with Crippen LogP contribution in [0.2, 0.25) is 0 Å². The summed E-state index contributed by atoms with van der Waals surface area (Å²) in [6, 6.07) is 0.467. The second-order valence-corrected chi connectivity index (χ2v) is 6.52. The highest BCUT2D eigenvalue weighted by atomic mass is 32.1. The Morgan fingerprint density at radius 3 is 2.67 bits per heavy atom. The minimum absolute atomic E-state index is 0.323. The number of fused-ring (bicyclic) bond motifs is 1. The maximum absolute atomic E-state index is 4.71. The van der Waals surface area contributed by atoms with E-state index in [0.29, 0.717) is 17.4 Å². The molecule has 0 aliphatic heterocycles. The molecule has 2 rings (SSSR count). The highest BCUT2D eigenvalue weighted by molar-refractivity contribution is 7.16. The van der Waals surface area contributed by atoms with Crippen LogP contribution >= 0.6 is 11.3 Å². The standard InChI is InChI=1S/C12H20N2S/c1-7(2)13-11-14-9-8(3)6-12(4,5)10(9)15-11/h7-8H,6H2,1-5H3,(H,13,14). The zero-order valence-electron chi connectivity index (χ0n) is 10.2. The molecule has 0 saturated carbocycles. The number of hydrogen-bond acceptors (Lipinski definition) is 3. The van der Waals surface area contributed by atoms with E-state index in [-0.39, 0.29) is 0 Å². The molecule has 2 nitrogen and oxygen atoms in total. The molecule has 15 heavy (non-hydrogen) atoms. The van der Waals surface area contributed by atoms with Crippen LogP contribution in [0.3, 0.4) is 0 Å². The monoisotopic (exact) mass is 224 g/mol. The van der Waals surface area contributed by atoms with Crippen molar-refractivity contribution in [2.24, 2.45) is 0 Å². The zero-order chi connectivity index (χ0) is 11.2. The first-order valence-corrected chi connectivity index (χ1v) is 6.49. The van der Waals surface area contributed by atoms with Crippen molar-refractivity contribution < 1.29 is 0 Å². The average Bonchev–Trinajstić information content (AvgIpc) is 2.53. The van der Waals surface area contributed by atoms with Crippen LogP contribution in [0.4, 0.5) is 5.13 Å². The van der Waals surface area contributed by atoms with Gasteiger partial charge in [-0.25, -0.2) is 4.98 Å². The number of hydrogen-bond donors (Lipinski definition) is 1. The third-order valence-corrected chi connectivity index (χ3v) is 4.33. The predicted molar refractivity (Wildman–Crippen MR) is 66.9 cm³/mol. The lowest BCUT2D eigenvalue weighted by atomic mass is 9.91. The minimum atomic E-state index is 0.323. The summed E-state index contributed by atoms with van der Waals surface area (Å²) in [5, 5.41) is 4.49. The van der Waals surface area contributed by atoms with E-state index in [1.165, 1.54) is 17.0 Å². The molecule has 1 atom stereocenters. The van der Waals surface area contributed by atoms with Crippen LogP contribution in [0.15, 0.2) is 0 Å². The van der Waals surface area contributed by atoms with E-state index >= 15 is 0 Å². The molecule has 1 aromatic heterocycles. The molecule has 1 aromatic rings. The van der Waals surface area contributed by atoms with Crippen molar-refractivity contribution in [1.82, 2.24) is 4.98 Å². The Bertz CT molecular complexity index is 366. The molecule has 1 aliphatic carbocycles. The molecule has 0 fully saturated rings. The Hall–Kier alpha value is -0.570. The van der Waals surface area contributed by atoms with Crippen molar-refractivity contribution in [3.05, 3.63) is 10.6 Å². The van der Waals surface area contributed by atoms with Gasteiger partial charge in [0.05, 0.1) is 5.69 Å². The second kappa shape index (κ2) is 3.48. The van der Waals surface area contributed by atoms with Gasteiger partial charge in [0.2, 0.25) is 0 Å². The van der Waals surface area contributed by atoms with E-state index in [1.54, 1.807) is 0 Å². The van der Waals surface area contributed by atoms with Crippen LogP contribution < -0.4 is 5.32 Å². The van der Waals surface area contributed by atoms with Crippen molar-refractivity contribution in [2.75, 3.05) is 5.32 Å². The van der Waals surface area contributed by atoms with Crippen molar-refractivity contribution >= 4 is 16.5 Å². The molecular weight excluding hydrogens is 204 g/mol. The number of rotatable bonds is 2. The normalized spacial score (nSPS) is 23.2. The Morgan fingerprint density at radius 2 is 2.13 bits per heavy atom. The van der Waals surface area contributed by atoms with E-state index in [2.05, 4.69) is 39.9 Å². The van der Waals surface area contributed by atoms with Crippen molar-refractivity contribution in [1.29, 1.82) is 0 Å². The molecule has 1 aliphatic rings. The van der Waals surface area contributed by atoms with Crippen LogP contribution in [0, 0.1) is 0 Å². The van der Waals surface area contributed by atoms with Gasteiger partial charge in [-0.3, -0.25) is 0 Å². The van der Waals surface area contributed by atoms with Crippen molar-refractivity contribution in [3.63, 3.8) is 0 Å². The molecule has 1 heterocycles. The maximum atomic E-state index is 4.71. The maximum Gasteiger partial charge on any atom is 0.183 e. The molecular formula is C12H20N2S. The number of aromatic nitrogens is 1. The van der Waals surface area contributed by atoms with Gasteiger partial charge in [-0.2, -0.15) is 0 Å². The van der Waals surface area contributed by atoms with Crippen LogP contribution in [0.5, 0.6) is 0 Å². The van der Waals surface area contributed by atoms with Crippen molar-refractivity contribution in [3.8, 4) is 0 Å². The van der Waals surface area contributed by atoms with E-state index in [0.717, 1.165) is 5.13 Å². The number of anilines is 1. The summed E-state index contributed by atoms with van der Waals surface area (Å²) < 4.78 is 0. The van der Waals surface area contributed by atoms with Crippen molar-refractivity contribution in [2.45, 2.75) is 58.4 Å². The zero-order valence-corrected chi connectivity index (χ0v) is 11.0. The summed E-state index contributed by atoms with van der Waals surface area (Å²) >= 11 is 1.84. The Labute approximate surface area is 96.1 Å². The van der Waals surface area contributed by atoms with E-state index in [9.17, 15) is 0 Å². The predicted octanol–water partition coefficient (Wildman–Crippen LogP) is 3.75. The quantitative estimate of drug-likeness (QED) is 0.827. The topological polar surface area (TPSA) is 24.9 Å². The lowest BCUT2D eigenvalue weighted by Crippen LogP contribution is -2.11. The lowest BCUT2D eigenvalue weighted by molar-refractivity contribution is 0.493. The van der Waals surface area contributed by atoms with Crippen LogP contribution in [-0.4, -0.2) is 11.0 Å². The third-order valence-electron chi connectivity index (χ3n) is 2.96. The van der Waals surface area contributed by atoms with E-state index in [4.69, 9.17) is 4.98 Å². The molecule has 0 bridgehead atoms. The van der Waals surface area contributed by atoms with Gasteiger partial charge in [-0.15, -0.1) is 11.3 Å². The first-order chi connectivity index (χ1) is 6.90. The molecule has 3 heteroatoms. The van der Waals surface area contributed by atoms with E-state index < -0.39 is 0 Å². The number of nitrogens with zero attached hydrogens (tertiary/aromatic N) is 1. The highest BCUT2D eigenvalue weighted by Gasteiger charge is 2.38. The van der Waals surface area contributed by atoms with Gasteiger partial charge in [0, 0.05) is 22.3 Å². The summed E-state index contributed by atoms with van der Waals surface area (Å²) in [6.45, 7) is 11.2. The Balaban J connectivity index is 2.32. The summed E-state index contributed by atoms with van der Waals surface area (Å²) in [6.07, 6.45) is 1.24. The second-order valence-electron chi connectivity index (χ2n) is 5.52. The first-order valence-electron chi connectivity index (χ1n) is 5.68. The van der Waals surface area contributed by atoms with Crippen LogP contribution in [0.25, 0.3) is 0 Å². The van der Waals surface area contributed by atoms with Gasteiger partial charge < -0.3 is 5.32 Å². The number of nitrogens with one attached hydrogen (secondary N) is 1. The van der Waals surface area contributed by atoms with Gasteiger partial charge in [-0.1, -0.05) is 20.8 Å². The Kier molecular flexibility index (Phi) is 2.53. The first kappa shape index (κ1) is 10.9. The van der Waals surface area contributed by atoms with Crippen LogP contribution in [-0.2, 0) is 5.41 Å². The summed E-state index contributed by atoms with van der Waals surface area (Å²) in [4.78, 5) is 6.20. The summed E-state index contributed by atoms with van der Waals surface area (Å²) in [5.74, 6) is 0.619. The summed E-state index contributed by atoms with van der Waals surface area (Å²) in [7, 11) is 0. The fourth-order valence-corrected chi connectivity index (χ4v) is 3.76. The highest BCUT2D eigenvalue weighted by Crippen LogP contribution is 2.49. The molecule has 0 amide bonds. The van der Waals surface area contributed by atoms with Gasteiger partial charge >= 0.3 is 0 Å².